The Morgan fingerprint density at radius 1 is 1.06 bits per heavy atom. The van der Waals surface area contributed by atoms with Crippen molar-refractivity contribution in [2.45, 2.75) is 31.6 Å². The molecule has 2 heteroatoms. The molecule has 1 aliphatic rings. The number of hydrogen-bond acceptors (Lipinski definition) is 1. The number of benzene rings is 1. The van der Waals surface area contributed by atoms with Gasteiger partial charge in [-0.1, -0.05) is 28.1 Å². The van der Waals surface area contributed by atoms with E-state index in [-0.39, 0.29) is 0 Å². The van der Waals surface area contributed by atoms with Gasteiger partial charge in [-0.15, -0.1) is 13.2 Å². The first-order valence-corrected chi connectivity index (χ1v) is 6.32. The molecule has 0 unspecified atom stereocenters. The third kappa shape index (κ3) is 3.60. The van der Waals surface area contributed by atoms with Gasteiger partial charge in [-0.25, -0.2) is 0 Å². The Morgan fingerprint density at radius 3 is 2.06 bits per heavy atom. The fraction of sp³-hybridized carbons (Fsp3) is 0.357. The second-order valence-electron chi connectivity index (χ2n) is 3.86. The summed E-state index contributed by atoms with van der Waals surface area (Å²) in [5.41, 5.74) is 1.38. The highest BCUT2D eigenvalue weighted by atomic mass is 79.9. The largest absolute Gasteiger partial charge is 0.300 e. The molecule has 0 N–H and O–H groups in total. The van der Waals surface area contributed by atoms with E-state index in [4.69, 9.17) is 0 Å². The maximum Gasteiger partial charge on any atom is 0.132 e. The van der Waals surface area contributed by atoms with E-state index in [0.29, 0.717) is 11.7 Å². The first-order chi connectivity index (χ1) is 7.75. The van der Waals surface area contributed by atoms with Crippen molar-refractivity contribution in [3.05, 3.63) is 47.5 Å². The monoisotopic (exact) mass is 280 g/mol. The molecule has 1 saturated carbocycles. The van der Waals surface area contributed by atoms with E-state index in [1.807, 2.05) is 0 Å². The summed E-state index contributed by atoms with van der Waals surface area (Å²) in [5, 5.41) is 0. The van der Waals surface area contributed by atoms with Crippen molar-refractivity contribution in [2.75, 3.05) is 0 Å². The second-order valence-corrected chi connectivity index (χ2v) is 4.78. The molecule has 0 bridgehead atoms. The first-order valence-electron chi connectivity index (χ1n) is 5.53. The molecule has 1 aromatic rings. The Balaban J connectivity index is 0.000000606. The third-order valence-electron chi connectivity index (χ3n) is 2.88. The predicted octanol–water partition coefficient (Wildman–Crippen LogP) is 4.48. The summed E-state index contributed by atoms with van der Waals surface area (Å²) in [6.07, 6.45) is 3.59. The summed E-state index contributed by atoms with van der Waals surface area (Å²) in [6, 6.07) is 8.46. The van der Waals surface area contributed by atoms with Gasteiger partial charge < -0.3 is 0 Å². The zero-order chi connectivity index (χ0) is 12.0. The minimum absolute atomic E-state index is 0.429. The van der Waals surface area contributed by atoms with Crippen LogP contribution < -0.4 is 0 Å². The molecule has 0 spiro atoms. The molecule has 16 heavy (non-hydrogen) atoms. The van der Waals surface area contributed by atoms with Gasteiger partial charge in [-0.3, -0.25) is 4.79 Å². The Hall–Kier alpha value is -0.890. The van der Waals surface area contributed by atoms with Gasteiger partial charge >= 0.3 is 0 Å². The van der Waals surface area contributed by atoms with Crippen molar-refractivity contribution >= 4 is 21.7 Å². The summed E-state index contributed by atoms with van der Waals surface area (Å²) < 4.78 is 1.12. The first kappa shape index (κ1) is 13.2. The molecule has 1 aromatic carbocycles. The van der Waals surface area contributed by atoms with E-state index in [1.165, 1.54) is 5.56 Å². The molecule has 0 atom stereocenters. The van der Waals surface area contributed by atoms with E-state index in [1.54, 1.807) is 0 Å². The molecule has 0 aromatic heterocycles. The van der Waals surface area contributed by atoms with E-state index >= 15 is 0 Å². The van der Waals surface area contributed by atoms with Crippen LogP contribution in [-0.4, -0.2) is 5.78 Å². The van der Waals surface area contributed by atoms with Gasteiger partial charge in [-0.05, 0) is 36.5 Å². The molecule has 2 rings (SSSR count). The van der Waals surface area contributed by atoms with E-state index in [9.17, 15) is 4.79 Å². The fourth-order valence-electron chi connectivity index (χ4n) is 2.01. The normalized spacial score (nSPS) is 16.4. The van der Waals surface area contributed by atoms with E-state index in [0.717, 1.165) is 30.2 Å². The van der Waals surface area contributed by atoms with Crippen molar-refractivity contribution in [1.29, 1.82) is 0 Å². The molecule has 0 aliphatic heterocycles. The maximum atomic E-state index is 11.1. The Labute approximate surface area is 106 Å². The lowest BCUT2D eigenvalue weighted by atomic mass is 9.83. The van der Waals surface area contributed by atoms with Gasteiger partial charge in [0, 0.05) is 17.3 Å². The van der Waals surface area contributed by atoms with Crippen molar-refractivity contribution in [1.82, 2.24) is 0 Å². The van der Waals surface area contributed by atoms with Crippen molar-refractivity contribution in [3.8, 4) is 0 Å². The van der Waals surface area contributed by atoms with E-state index in [2.05, 4.69) is 53.4 Å². The molecule has 86 valence electrons. The van der Waals surface area contributed by atoms with Crippen LogP contribution in [0, 0.1) is 0 Å². The highest BCUT2D eigenvalue weighted by molar-refractivity contribution is 9.10. The molecule has 0 amide bonds. The molecule has 0 saturated heterocycles. The van der Waals surface area contributed by atoms with Crippen LogP contribution in [0.4, 0.5) is 0 Å². The average Bonchev–Trinajstić information content (AvgIpc) is 2.34. The predicted molar refractivity (Wildman–Crippen MR) is 71.6 cm³/mol. The molecular formula is C14H17BrO. The fourth-order valence-corrected chi connectivity index (χ4v) is 2.27. The lowest BCUT2D eigenvalue weighted by Gasteiger charge is -2.21. The van der Waals surface area contributed by atoms with Crippen LogP contribution in [0.25, 0.3) is 0 Å². The van der Waals surface area contributed by atoms with Crippen molar-refractivity contribution in [2.24, 2.45) is 0 Å². The minimum atomic E-state index is 0.429. The topological polar surface area (TPSA) is 17.1 Å². The Kier molecular flexibility index (Phi) is 5.47. The zero-order valence-corrected chi connectivity index (χ0v) is 11.0. The summed E-state index contributed by atoms with van der Waals surface area (Å²) in [7, 11) is 0. The van der Waals surface area contributed by atoms with Gasteiger partial charge in [0.2, 0.25) is 0 Å². The van der Waals surface area contributed by atoms with E-state index < -0.39 is 0 Å². The number of ketones is 1. The third-order valence-corrected chi connectivity index (χ3v) is 3.41. The number of halogens is 1. The lowest BCUT2D eigenvalue weighted by Crippen LogP contribution is -2.12. The van der Waals surface area contributed by atoms with Crippen molar-refractivity contribution in [3.63, 3.8) is 0 Å². The van der Waals surface area contributed by atoms with Gasteiger partial charge in [-0.2, -0.15) is 0 Å². The van der Waals surface area contributed by atoms with Crippen LogP contribution in [-0.2, 0) is 4.79 Å². The highest BCUT2D eigenvalue weighted by Gasteiger charge is 2.19. The van der Waals surface area contributed by atoms with Crippen LogP contribution in [0.3, 0.4) is 0 Å². The minimum Gasteiger partial charge on any atom is -0.300 e. The summed E-state index contributed by atoms with van der Waals surface area (Å²) in [5.74, 6) is 1.03. The van der Waals surface area contributed by atoms with Gasteiger partial charge in [0.25, 0.3) is 0 Å². The van der Waals surface area contributed by atoms with Crippen LogP contribution in [0.5, 0.6) is 0 Å². The Bertz CT molecular complexity index is 332. The van der Waals surface area contributed by atoms with Crippen LogP contribution in [0.1, 0.15) is 37.2 Å². The smallest absolute Gasteiger partial charge is 0.132 e. The summed E-state index contributed by atoms with van der Waals surface area (Å²) in [6.45, 7) is 6.00. The summed E-state index contributed by atoms with van der Waals surface area (Å²) >= 11 is 3.42. The van der Waals surface area contributed by atoms with Crippen LogP contribution >= 0.6 is 15.9 Å². The molecule has 0 radical (unpaired) electrons. The van der Waals surface area contributed by atoms with Crippen LogP contribution in [0.2, 0.25) is 0 Å². The molecular weight excluding hydrogens is 264 g/mol. The van der Waals surface area contributed by atoms with Crippen molar-refractivity contribution < 1.29 is 4.79 Å². The quantitative estimate of drug-likeness (QED) is 0.694. The highest BCUT2D eigenvalue weighted by Crippen LogP contribution is 2.31. The lowest BCUT2D eigenvalue weighted by molar-refractivity contribution is -0.120. The zero-order valence-electron chi connectivity index (χ0n) is 9.42. The summed E-state index contributed by atoms with van der Waals surface area (Å²) in [4.78, 5) is 11.1. The van der Waals surface area contributed by atoms with Gasteiger partial charge in [0.15, 0.2) is 0 Å². The number of hydrogen-bond donors (Lipinski definition) is 0. The molecule has 0 heterocycles. The number of carbonyl (C=O) groups excluding carboxylic acids is 1. The average molecular weight is 281 g/mol. The maximum absolute atomic E-state index is 11.1. The molecule has 1 aliphatic carbocycles. The SMILES string of the molecule is C=C.O=C1CCC(c2ccc(Br)cc2)CC1. The van der Waals surface area contributed by atoms with Crippen LogP contribution in [0.15, 0.2) is 41.9 Å². The second kappa shape index (κ2) is 6.64. The van der Waals surface area contributed by atoms with Gasteiger partial charge in [0.05, 0.1) is 0 Å². The van der Waals surface area contributed by atoms with Gasteiger partial charge in [0.1, 0.15) is 5.78 Å². The molecule has 1 fully saturated rings. The number of Topliss-reactive ketones (excluding diaryl/α,β-unsaturated/α-hetero) is 1. The molecule has 1 nitrogen and oxygen atoms in total. The number of carbonyl (C=O) groups is 1. The number of rotatable bonds is 1. The Morgan fingerprint density at radius 2 is 1.56 bits per heavy atom. The standard InChI is InChI=1S/C12H13BrO.C2H4/c13-11-5-1-9(2-6-11)10-3-7-12(14)8-4-10;1-2/h1-2,5-6,10H,3-4,7-8H2;1-2H2.